The molecule has 0 aliphatic heterocycles. The minimum atomic E-state index is -0.586. The number of carbonyl (C=O) groups is 1. The number of rotatable bonds is 3. The first-order valence-corrected chi connectivity index (χ1v) is 6.21. The molecule has 1 aromatic heterocycles. The molecule has 1 aliphatic rings. The van der Waals surface area contributed by atoms with Crippen molar-refractivity contribution in [2.75, 3.05) is 0 Å². The Bertz CT molecular complexity index is 600. The van der Waals surface area contributed by atoms with Gasteiger partial charge in [0, 0.05) is 18.2 Å². The van der Waals surface area contributed by atoms with Gasteiger partial charge in [-0.25, -0.2) is 4.39 Å². The number of nitrogens with one attached hydrogen (secondary N) is 1. The van der Waals surface area contributed by atoms with Crippen molar-refractivity contribution in [1.29, 1.82) is 0 Å². The van der Waals surface area contributed by atoms with E-state index in [1.807, 2.05) is 30.3 Å². The molecule has 1 fully saturated rings. The lowest BCUT2D eigenvalue weighted by Crippen LogP contribution is -2.27. The predicted molar refractivity (Wildman–Crippen MR) is 69.2 cm³/mol. The SMILES string of the molecule is O=C(NC1CC1c1ccccc1)c1ccncc1F. The average molecular weight is 256 g/mol. The van der Waals surface area contributed by atoms with Crippen LogP contribution in [-0.4, -0.2) is 16.9 Å². The van der Waals surface area contributed by atoms with E-state index in [4.69, 9.17) is 0 Å². The summed E-state index contributed by atoms with van der Waals surface area (Å²) in [5.74, 6) is -0.615. The van der Waals surface area contributed by atoms with Crippen LogP contribution in [0.3, 0.4) is 0 Å². The summed E-state index contributed by atoms with van der Waals surface area (Å²) < 4.78 is 13.4. The maximum atomic E-state index is 13.4. The number of benzene rings is 1. The van der Waals surface area contributed by atoms with Crippen molar-refractivity contribution in [3.8, 4) is 0 Å². The summed E-state index contributed by atoms with van der Waals surface area (Å²) in [5, 5.41) is 2.85. The molecule has 2 unspecified atom stereocenters. The summed E-state index contributed by atoms with van der Waals surface area (Å²) in [5.41, 5.74) is 1.26. The third kappa shape index (κ3) is 2.47. The molecular formula is C15H13FN2O. The molecule has 1 aromatic carbocycles. The standard InChI is InChI=1S/C15H13FN2O/c16-13-9-17-7-6-11(13)15(19)18-14-8-12(14)10-4-2-1-3-5-10/h1-7,9,12,14H,8H2,(H,18,19). The molecule has 1 N–H and O–H groups in total. The molecular weight excluding hydrogens is 243 g/mol. The third-order valence-electron chi connectivity index (χ3n) is 3.35. The summed E-state index contributed by atoms with van der Waals surface area (Å²) in [6.45, 7) is 0. The zero-order valence-electron chi connectivity index (χ0n) is 10.2. The predicted octanol–water partition coefficient (Wildman–Crippen LogP) is 2.51. The third-order valence-corrected chi connectivity index (χ3v) is 3.35. The molecule has 4 heteroatoms. The number of hydrogen-bond acceptors (Lipinski definition) is 2. The fourth-order valence-electron chi connectivity index (χ4n) is 2.23. The minimum Gasteiger partial charge on any atom is -0.349 e. The van der Waals surface area contributed by atoms with Crippen molar-refractivity contribution in [3.05, 3.63) is 65.7 Å². The van der Waals surface area contributed by atoms with E-state index in [0.717, 1.165) is 12.6 Å². The second-order valence-corrected chi connectivity index (χ2v) is 4.69. The van der Waals surface area contributed by atoms with Crippen LogP contribution in [0, 0.1) is 5.82 Å². The lowest BCUT2D eigenvalue weighted by atomic mass is 10.1. The van der Waals surface area contributed by atoms with Gasteiger partial charge in [0.15, 0.2) is 5.82 Å². The molecule has 1 heterocycles. The van der Waals surface area contributed by atoms with Crippen molar-refractivity contribution in [1.82, 2.24) is 10.3 Å². The molecule has 19 heavy (non-hydrogen) atoms. The van der Waals surface area contributed by atoms with Crippen LogP contribution in [-0.2, 0) is 0 Å². The van der Waals surface area contributed by atoms with Gasteiger partial charge in [0.2, 0.25) is 0 Å². The van der Waals surface area contributed by atoms with Gasteiger partial charge in [0.1, 0.15) is 0 Å². The van der Waals surface area contributed by atoms with Crippen LogP contribution in [0.4, 0.5) is 4.39 Å². The van der Waals surface area contributed by atoms with E-state index in [2.05, 4.69) is 10.3 Å². The normalized spacial score (nSPS) is 20.9. The van der Waals surface area contributed by atoms with Gasteiger partial charge in [-0.05, 0) is 18.1 Å². The lowest BCUT2D eigenvalue weighted by Gasteiger charge is -2.05. The van der Waals surface area contributed by atoms with E-state index < -0.39 is 5.82 Å². The van der Waals surface area contributed by atoms with Gasteiger partial charge in [-0.15, -0.1) is 0 Å². The molecule has 1 aliphatic carbocycles. The fraction of sp³-hybridized carbons (Fsp3) is 0.200. The van der Waals surface area contributed by atoms with Crippen molar-refractivity contribution in [2.45, 2.75) is 18.4 Å². The molecule has 3 nitrogen and oxygen atoms in total. The maximum Gasteiger partial charge on any atom is 0.254 e. The first kappa shape index (κ1) is 11.8. The maximum absolute atomic E-state index is 13.4. The number of pyridine rings is 1. The Labute approximate surface area is 110 Å². The molecule has 0 spiro atoms. The molecule has 1 amide bonds. The van der Waals surface area contributed by atoms with Gasteiger partial charge < -0.3 is 5.32 Å². The van der Waals surface area contributed by atoms with Gasteiger partial charge in [-0.1, -0.05) is 30.3 Å². The number of amides is 1. The Morgan fingerprint density at radius 2 is 2.05 bits per heavy atom. The van der Waals surface area contributed by atoms with Crippen LogP contribution in [0.5, 0.6) is 0 Å². The second kappa shape index (κ2) is 4.80. The van der Waals surface area contributed by atoms with E-state index in [9.17, 15) is 9.18 Å². The van der Waals surface area contributed by atoms with Gasteiger partial charge >= 0.3 is 0 Å². The molecule has 0 radical (unpaired) electrons. The van der Waals surface area contributed by atoms with Crippen LogP contribution in [0.1, 0.15) is 28.3 Å². The van der Waals surface area contributed by atoms with Crippen molar-refractivity contribution in [3.63, 3.8) is 0 Å². The average Bonchev–Trinajstić information content (AvgIpc) is 3.19. The molecule has 0 bridgehead atoms. The Morgan fingerprint density at radius 3 is 2.79 bits per heavy atom. The summed E-state index contributed by atoms with van der Waals surface area (Å²) in [7, 11) is 0. The summed E-state index contributed by atoms with van der Waals surface area (Å²) in [6, 6.07) is 11.5. The van der Waals surface area contributed by atoms with E-state index in [0.29, 0.717) is 5.92 Å². The topological polar surface area (TPSA) is 42.0 Å². The highest BCUT2D eigenvalue weighted by Crippen LogP contribution is 2.40. The molecule has 1 saturated carbocycles. The van der Waals surface area contributed by atoms with Crippen LogP contribution in [0.15, 0.2) is 48.8 Å². The Morgan fingerprint density at radius 1 is 1.26 bits per heavy atom. The summed E-state index contributed by atoms with van der Waals surface area (Å²) in [6.07, 6.45) is 3.37. The Kier molecular flexibility index (Phi) is 2.99. The number of aromatic nitrogens is 1. The monoisotopic (exact) mass is 256 g/mol. The van der Waals surface area contributed by atoms with E-state index in [-0.39, 0.29) is 17.5 Å². The Balaban J connectivity index is 1.66. The molecule has 0 saturated heterocycles. The van der Waals surface area contributed by atoms with Crippen LogP contribution >= 0.6 is 0 Å². The van der Waals surface area contributed by atoms with Crippen molar-refractivity contribution in [2.24, 2.45) is 0 Å². The molecule has 2 atom stereocenters. The number of hydrogen-bond donors (Lipinski definition) is 1. The zero-order chi connectivity index (χ0) is 13.2. The highest BCUT2D eigenvalue weighted by molar-refractivity contribution is 5.94. The van der Waals surface area contributed by atoms with E-state index in [1.54, 1.807) is 0 Å². The van der Waals surface area contributed by atoms with Gasteiger partial charge in [0.25, 0.3) is 5.91 Å². The summed E-state index contributed by atoms with van der Waals surface area (Å²) in [4.78, 5) is 15.5. The minimum absolute atomic E-state index is 0.0497. The van der Waals surface area contributed by atoms with E-state index >= 15 is 0 Å². The highest BCUT2D eigenvalue weighted by atomic mass is 19.1. The summed E-state index contributed by atoms with van der Waals surface area (Å²) >= 11 is 0. The Hall–Kier alpha value is -2.23. The first-order chi connectivity index (χ1) is 9.25. The highest BCUT2D eigenvalue weighted by Gasteiger charge is 2.39. The second-order valence-electron chi connectivity index (χ2n) is 4.69. The smallest absolute Gasteiger partial charge is 0.254 e. The molecule has 96 valence electrons. The number of nitrogens with zero attached hydrogens (tertiary/aromatic N) is 1. The lowest BCUT2D eigenvalue weighted by molar-refractivity contribution is 0.0946. The van der Waals surface area contributed by atoms with Crippen LogP contribution < -0.4 is 5.32 Å². The van der Waals surface area contributed by atoms with Gasteiger partial charge in [-0.3, -0.25) is 9.78 Å². The molecule has 2 aromatic rings. The number of halogens is 1. The molecule has 3 rings (SSSR count). The van der Waals surface area contributed by atoms with Crippen molar-refractivity contribution < 1.29 is 9.18 Å². The largest absolute Gasteiger partial charge is 0.349 e. The zero-order valence-corrected chi connectivity index (χ0v) is 10.2. The first-order valence-electron chi connectivity index (χ1n) is 6.21. The van der Waals surface area contributed by atoms with Gasteiger partial charge in [0.05, 0.1) is 11.8 Å². The van der Waals surface area contributed by atoms with Crippen molar-refractivity contribution >= 4 is 5.91 Å². The van der Waals surface area contributed by atoms with Crippen LogP contribution in [0.2, 0.25) is 0 Å². The number of carbonyl (C=O) groups excluding carboxylic acids is 1. The van der Waals surface area contributed by atoms with Crippen LogP contribution in [0.25, 0.3) is 0 Å². The van der Waals surface area contributed by atoms with Gasteiger partial charge in [-0.2, -0.15) is 0 Å². The van der Waals surface area contributed by atoms with E-state index in [1.165, 1.54) is 17.8 Å². The quantitative estimate of drug-likeness (QED) is 0.916. The fourth-order valence-corrected chi connectivity index (χ4v) is 2.23.